The Hall–Kier alpha value is -4.30. The number of fused-ring (bicyclic) bond motifs is 3. The molecule has 0 saturated heterocycles. The smallest absolute Gasteiger partial charge is 0.391 e. The van der Waals surface area contributed by atoms with Crippen molar-refractivity contribution in [2.75, 3.05) is 6.54 Å². The first-order valence-corrected chi connectivity index (χ1v) is 13.6. The van der Waals surface area contributed by atoms with Crippen molar-refractivity contribution in [2.45, 2.75) is 51.2 Å². The molecule has 2 aromatic carbocycles. The number of aromatic nitrogens is 4. The second-order valence-electron chi connectivity index (χ2n) is 10.0. The fourth-order valence-electron chi connectivity index (χ4n) is 5.59. The van der Waals surface area contributed by atoms with E-state index in [0.717, 1.165) is 59.1 Å². The van der Waals surface area contributed by atoms with Crippen LogP contribution in [0.15, 0.2) is 79.0 Å². The molecular weight excluding hydrogens is 488 g/mol. The SMILES string of the molecule is CCC(CNC(=O)Oc1ccc2ccccc2n1)N(Cc1nc2ccccc2[nH]1)C1CCCc2cccnc21. The monoisotopic (exact) mass is 520 g/mol. The molecule has 3 aromatic heterocycles. The predicted molar refractivity (Wildman–Crippen MR) is 151 cm³/mol. The maximum Gasteiger partial charge on any atom is 0.413 e. The van der Waals surface area contributed by atoms with Gasteiger partial charge in [-0.2, -0.15) is 0 Å². The number of amides is 1. The van der Waals surface area contributed by atoms with Gasteiger partial charge in [-0.3, -0.25) is 9.88 Å². The largest absolute Gasteiger partial charge is 0.413 e. The molecule has 39 heavy (non-hydrogen) atoms. The van der Waals surface area contributed by atoms with Crippen molar-refractivity contribution in [3.05, 3.63) is 96.1 Å². The van der Waals surface area contributed by atoms with E-state index in [4.69, 9.17) is 14.7 Å². The molecular formula is C31H32N6O2. The molecule has 2 atom stereocenters. The number of rotatable bonds is 8. The summed E-state index contributed by atoms with van der Waals surface area (Å²) in [6, 6.07) is 23.8. The highest BCUT2D eigenvalue weighted by Gasteiger charge is 2.32. The standard InChI is InChI=1S/C31H32N6O2/c1-2-23(19-33-31(38)39-29-17-16-21-9-3-4-12-24(21)36-29)37(20-28-34-25-13-5-6-14-26(25)35-28)27-15-7-10-22-11-8-18-32-30(22)27/h3-6,8-9,11-14,16-18,23,27H,2,7,10,15,19-20H2,1H3,(H,33,38)(H,34,35). The van der Waals surface area contributed by atoms with Gasteiger partial charge in [-0.15, -0.1) is 0 Å². The van der Waals surface area contributed by atoms with Gasteiger partial charge in [0.15, 0.2) is 0 Å². The average molecular weight is 521 g/mol. The van der Waals surface area contributed by atoms with Crippen LogP contribution in [0, 0.1) is 0 Å². The minimum absolute atomic E-state index is 0.0493. The lowest BCUT2D eigenvalue weighted by molar-refractivity contribution is 0.0986. The van der Waals surface area contributed by atoms with Crippen molar-refractivity contribution in [1.82, 2.24) is 30.2 Å². The first kappa shape index (κ1) is 25.0. The Bertz CT molecular complexity index is 1570. The van der Waals surface area contributed by atoms with Crippen molar-refractivity contribution < 1.29 is 9.53 Å². The van der Waals surface area contributed by atoms with E-state index in [1.54, 1.807) is 6.07 Å². The van der Waals surface area contributed by atoms with Crippen LogP contribution in [0.5, 0.6) is 5.88 Å². The van der Waals surface area contributed by atoms with Crippen LogP contribution in [0.3, 0.4) is 0 Å². The van der Waals surface area contributed by atoms with Gasteiger partial charge in [0, 0.05) is 30.2 Å². The second kappa shape index (κ2) is 11.2. The summed E-state index contributed by atoms with van der Waals surface area (Å²) in [5, 5.41) is 3.99. The number of nitrogens with one attached hydrogen (secondary N) is 2. The summed E-state index contributed by atoms with van der Waals surface area (Å²) >= 11 is 0. The number of imidazole rings is 1. The summed E-state index contributed by atoms with van der Waals surface area (Å²) in [4.78, 5) is 32.9. The molecule has 5 aromatic rings. The molecule has 0 aliphatic heterocycles. The van der Waals surface area contributed by atoms with Crippen molar-refractivity contribution >= 4 is 28.0 Å². The van der Waals surface area contributed by atoms with Crippen molar-refractivity contribution in [1.29, 1.82) is 0 Å². The zero-order valence-electron chi connectivity index (χ0n) is 22.0. The summed E-state index contributed by atoms with van der Waals surface area (Å²) in [6.07, 6.45) is 5.35. The van der Waals surface area contributed by atoms with E-state index in [9.17, 15) is 4.79 Å². The first-order valence-electron chi connectivity index (χ1n) is 13.6. The predicted octanol–water partition coefficient (Wildman–Crippen LogP) is 5.95. The fraction of sp³-hybridized carbons (Fsp3) is 0.290. The lowest BCUT2D eigenvalue weighted by Crippen LogP contribution is -2.46. The van der Waals surface area contributed by atoms with E-state index in [0.29, 0.717) is 13.1 Å². The van der Waals surface area contributed by atoms with Crippen LogP contribution in [-0.2, 0) is 13.0 Å². The highest BCUT2D eigenvalue weighted by atomic mass is 16.6. The second-order valence-corrected chi connectivity index (χ2v) is 10.0. The topological polar surface area (TPSA) is 96.0 Å². The zero-order valence-corrected chi connectivity index (χ0v) is 22.0. The molecule has 198 valence electrons. The number of aromatic amines is 1. The molecule has 6 rings (SSSR count). The highest BCUT2D eigenvalue weighted by molar-refractivity contribution is 5.79. The summed E-state index contributed by atoms with van der Waals surface area (Å²) < 4.78 is 5.55. The van der Waals surface area contributed by atoms with Crippen LogP contribution in [0.4, 0.5) is 4.79 Å². The summed E-state index contributed by atoms with van der Waals surface area (Å²) in [5.41, 5.74) is 5.18. The third-order valence-corrected chi connectivity index (χ3v) is 7.53. The van der Waals surface area contributed by atoms with Gasteiger partial charge in [-0.1, -0.05) is 43.3 Å². The normalized spacial score (nSPS) is 15.8. The molecule has 1 aliphatic rings. The van der Waals surface area contributed by atoms with E-state index in [1.807, 2.05) is 66.9 Å². The summed E-state index contributed by atoms with van der Waals surface area (Å²) in [6.45, 7) is 3.20. The van der Waals surface area contributed by atoms with E-state index in [-0.39, 0.29) is 18.0 Å². The van der Waals surface area contributed by atoms with Gasteiger partial charge < -0.3 is 15.0 Å². The van der Waals surface area contributed by atoms with Crippen LogP contribution >= 0.6 is 0 Å². The van der Waals surface area contributed by atoms with Crippen LogP contribution in [0.1, 0.15) is 49.3 Å². The number of nitrogens with zero attached hydrogens (tertiary/aromatic N) is 4. The first-order chi connectivity index (χ1) is 19.2. The van der Waals surface area contributed by atoms with E-state index < -0.39 is 6.09 Å². The van der Waals surface area contributed by atoms with E-state index >= 15 is 0 Å². The third kappa shape index (κ3) is 5.47. The number of ether oxygens (including phenoxy) is 1. The van der Waals surface area contributed by atoms with Gasteiger partial charge in [0.1, 0.15) is 5.82 Å². The Kier molecular flexibility index (Phi) is 7.19. The van der Waals surface area contributed by atoms with Crippen LogP contribution in [0.25, 0.3) is 21.9 Å². The Morgan fingerprint density at radius 1 is 1.05 bits per heavy atom. The van der Waals surface area contributed by atoms with E-state index in [1.165, 1.54) is 5.56 Å². The van der Waals surface area contributed by atoms with Crippen LogP contribution in [0.2, 0.25) is 0 Å². The number of hydrogen-bond acceptors (Lipinski definition) is 6. The van der Waals surface area contributed by atoms with Gasteiger partial charge in [-0.05, 0) is 61.6 Å². The number of H-pyrrole nitrogens is 1. The molecule has 8 nitrogen and oxygen atoms in total. The Labute approximate surface area is 227 Å². The van der Waals surface area contributed by atoms with Crippen LogP contribution in [-0.4, -0.2) is 43.5 Å². The Morgan fingerprint density at radius 2 is 1.90 bits per heavy atom. The highest BCUT2D eigenvalue weighted by Crippen LogP contribution is 2.35. The Balaban J connectivity index is 1.22. The minimum Gasteiger partial charge on any atom is -0.391 e. The van der Waals surface area contributed by atoms with Crippen molar-refractivity contribution in [3.63, 3.8) is 0 Å². The lowest BCUT2D eigenvalue weighted by Gasteiger charge is -2.39. The number of carbonyl (C=O) groups is 1. The average Bonchev–Trinajstić information content (AvgIpc) is 3.39. The molecule has 1 aliphatic carbocycles. The zero-order chi connectivity index (χ0) is 26.6. The number of carbonyl (C=O) groups excluding carboxylic acids is 1. The summed E-state index contributed by atoms with van der Waals surface area (Å²) in [5.74, 6) is 1.18. The quantitative estimate of drug-likeness (QED) is 0.262. The molecule has 0 saturated carbocycles. The van der Waals surface area contributed by atoms with Gasteiger partial charge >= 0.3 is 6.09 Å². The van der Waals surface area contributed by atoms with Gasteiger partial charge in [-0.25, -0.2) is 14.8 Å². The number of para-hydroxylation sites is 3. The molecule has 0 radical (unpaired) electrons. The van der Waals surface area contributed by atoms with Gasteiger partial charge in [0.2, 0.25) is 5.88 Å². The molecule has 3 heterocycles. The molecule has 0 fully saturated rings. The van der Waals surface area contributed by atoms with Gasteiger partial charge in [0.05, 0.1) is 34.8 Å². The molecule has 8 heteroatoms. The summed E-state index contributed by atoms with van der Waals surface area (Å²) in [7, 11) is 0. The van der Waals surface area contributed by atoms with Crippen LogP contribution < -0.4 is 10.1 Å². The maximum absolute atomic E-state index is 12.8. The molecule has 1 amide bonds. The third-order valence-electron chi connectivity index (χ3n) is 7.53. The minimum atomic E-state index is -0.512. The lowest BCUT2D eigenvalue weighted by atomic mass is 9.89. The number of benzene rings is 2. The fourth-order valence-corrected chi connectivity index (χ4v) is 5.59. The number of aryl methyl sites for hydroxylation is 1. The van der Waals surface area contributed by atoms with Crippen molar-refractivity contribution in [3.8, 4) is 5.88 Å². The molecule has 0 bridgehead atoms. The number of hydrogen-bond donors (Lipinski definition) is 2. The maximum atomic E-state index is 12.8. The Morgan fingerprint density at radius 3 is 2.77 bits per heavy atom. The molecule has 0 spiro atoms. The van der Waals surface area contributed by atoms with E-state index in [2.05, 4.69) is 33.2 Å². The van der Waals surface area contributed by atoms with Crippen molar-refractivity contribution in [2.24, 2.45) is 0 Å². The van der Waals surface area contributed by atoms with Gasteiger partial charge in [0.25, 0.3) is 0 Å². The molecule has 2 N–H and O–H groups in total. The molecule has 2 unspecified atom stereocenters. The number of pyridine rings is 2.